The Balaban J connectivity index is 1.53. The molecule has 6 rings (SSSR count). The van der Waals surface area contributed by atoms with Gasteiger partial charge in [0.2, 0.25) is 0 Å². The number of nitrogens with zero attached hydrogens (tertiary/aromatic N) is 5. The molecule has 0 saturated carbocycles. The van der Waals surface area contributed by atoms with Crippen molar-refractivity contribution >= 4 is 34.5 Å². The van der Waals surface area contributed by atoms with Crippen LogP contribution in [0.2, 0.25) is 5.02 Å². The number of hydrogen-bond donors (Lipinski definition) is 0. The molecule has 4 heterocycles. The first-order chi connectivity index (χ1) is 20.5. The number of ether oxygens (including phenoxy) is 3. The van der Waals surface area contributed by atoms with Gasteiger partial charge < -0.3 is 24.0 Å². The molecule has 0 radical (unpaired) electrons. The van der Waals surface area contributed by atoms with Gasteiger partial charge in [-0.15, -0.1) is 0 Å². The molecule has 1 fully saturated rings. The Hall–Kier alpha value is -4.38. The zero-order valence-electron chi connectivity index (χ0n) is 24.5. The molecule has 4 aromatic rings. The summed E-state index contributed by atoms with van der Waals surface area (Å²) in [6, 6.07) is 9.54. The first-order valence-corrected chi connectivity index (χ1v) is 14.3. The molecular weight excluding hydrogens is 577 g/mol. The van der Waals surface area contributed by atoms with Gasteiger partial charge >= 0.3 is 6.09 Å². The van der Waals surface area contributed by atoms with Gasteiger partial charge in [0.05, 0.1) is 36.1 Å². The first-order valence-electron chi connectivity index (χ1n) is 13.9. The third-order valence-corrected chi connectivity index (χ3v) is 7.95. The molecule has 1 saturated heterocycles. The van der Waals surface area contributed by atoms with Crippen molar-refractivity contribution in [3.63, 3.8) is 0 Å². The lowest BCUT2D eigenvalue weighted by molar-refractivity contribution is 0.000957. The number of aryl methyl sites for hydroxylation is 1. The van der Waals surface area contributed by atoms with Gasteiger partial charge in [-0.3, -0.25) is 9.48 Å². The van der Waals surface area contributed by atoms with Gasteiger partial charge in [-0.2, -0.15) is 5.10 Å². The van der Waals surface area contributed by atoms with Crippen molar-refractivity contribution in [2.24, 2.45) is 7.05 Å². The van der Waals surface area contributed by atoms with E-state index >= 15 is 4.39 Å². The normalized spacial score (nSPS) is 16.8. The fraction of sp³-hybridized carbons (Fsp3) is 0.355. The SMILES string of the molecule is COc1cccc(F)c1-c1nc(-c2cccc3c2cnn3C)c2c(c1Cl)OC[C@H]1CN(C(=O)OC(C)(C)C)CCN1C2=O. The average molecular weight is 608 g/mol. The zero-order valence-corrected chi connectivity index (χ0v) is 25.2. The van der Waals surface area contributed by atoms with E-state index in [-0.39, 0.29) is 71.2 Å². The Kier molecular flexibility index (Phi) is 7.16. The van der Waals surface area contributed by atoms with Gasteiger partial charge in [-0.05, 0) is 39.0 Å². The zero-order chi connectivity index (χ0) is 30.6. The van der Waals surface area contributed by atoms with Gasteiger partial charge in [-0.25, -0.2) is 14.2 Å². The fourth-order valence-corrected chi connectivity index (χ4v) is 5.89. The van der Waals surface area contributed by atoms with Crippen LogP contribution < -0.4 is 9.47 Å². The molecule has 0 N–H and O–H groups in total. The van der Waals surface area contributed by atoms with E-state index in [9.17, 15) is 9.59 Å². The van der Waals surface area contributed by atoms with Crippen LogP contribution in [-0.2, 0) is 11.8 Å². The summed E-state index contributed by atoms with van der Waals surface area (Å²) in [6.45, 7) is 6.20. The molecule has 2 aromatic carbocycles. The molecule has 43 heavy (non-hydrogen) atoms. The van der Waals surface area contributed by atoms with Crippen molar-refractivity contribution < 1.29 is 28.2 Å². The maximum Gasteiger partial charge on any atom is 0.410 e. The van der Waals surface area contributed by atoms with Crippen LogP contribution in [0.3, 0.4) is 0 Å². The van der Waals surface area contributed by atoms with E-state index in [2.05, 4.69) is 5.10 Å². The molecule has 0 bridgehead atoms. The van der Waals surface area contributed by atoms with E-state index in [1.54, 1.807) is 47.5 Å². The number of benzene rings is 2. The Labute approximate surface area is 252 Å². The number of hydrogen-bond acceptors (Lipinski definition) is 7. The van der Waals surface area contributed by atoms with Gasteiger partial charge in [0.25, 0.3) is 5.91 Å². The number of piperazine rings is 1. The number of carbonyl (C=O) groups is 2. The number of halogens is 2. The largest absolute Gasteiger partial charge is 0.496 e. The van der Waals surface area contributed by atoms with Crippen molar-refractivity contribution in [2.45, 2.75) is 32.4 Å². The fourth-order valence-electron chi connectivity index (χ4n) is 5.61. The third-order valence-electron chi connectivity index (χ3n) is 7.60. The number of rotatable bonds is 3. The predicted molar refractivity (Wildman–Crippen MR) is 159 cm³/mol. The van der Waals surface area contributed by atoms with Crippen LogP contribution in [-0.4, -0.2) is 81.6 Å². The van der Waals surface area contributed by atoms with Crippen molar-refractivity contribution in [1.82, 2.24) is 24.6 Å². The van der Waals surface area contributed by atoms with Crippen molar-refractivity contribution in [3.8, 4) is 34.0 Å². The highest BCUT2D eigenvalue weighted by molar-refractivity contribution is 6.35. The van der Waals surface area contributed by atoms with E-state index in [0.29, 0.717) is 5.56 Å². The van der Waals surface area contributed by atoms with Crippen LogP contribution in [0.15, 0.2) is 42.6 Å². The van der Waals surface area contributed by atoms with E-state index in [1.165, 1.54) is 19.2 Å². The summed E-state index contributed by atoms with van der Waals surface area (Å²) in [4.78, 5) is 35.4. The monoisotopic (exact) mass is 607 g/mol. The molecular formula is C31H31ClFN5O5. The molecule has 0 unspecified atom stereocenters. The predicted octanol–water partition coefficient (Wildman–Crippen LogP) is 5.56. The molecule has 2 aliphatic rings. The van der Waals surface area contributed by atoms with Crippen LogP contribution in [0.5, 0.6) is 11.5 Å². The van der Waals surface area contributed by atoms with Crippen molar-refractivity contribution in [1.29, 1.82) is 0 Å². The van der Waals surface area contributed by atoms with Crippen LogP contribution in [0.25, 0.3) is 33.4 Å². The summed E-state index contributed by atoms with van der Waals surface area (Å²) < 4.78 is 34.5. The highest BCUT2D eigenvalue weighted by atomic mass is 35.5. The molecule has 2 aliphatic heterocycles. The minimum atomic E-state index is -0.661. The number of pyridine rings is 1. The molecule has 0 spiro atoms. The van der Waals surface area contributed by atoms with Crippen molar-refractivity contribution in [2.75, 3.05) is 33.4 Å². The van der Waals surface area contributed by atoms with Gasteiger partial charge in [0, 0.05) is 37.6 Å². The minimum Gasteiger partial charge on any atom is -0.496 e. The van der Waals surface area contributed by atoms with E-state index in [1.807, 2.05) is 25.2 Å². The molecule has 224 valence electrons. The number of fused-ring (bicyclic) bond motifs is 3. The number of methoxy groups -OCH3 is 1. The van der Waals surface area contributed by atoms with Gasteiger partial charge in [0.15, 0.2) is 5.75 Å². The smallest absolute Gasteiger partial charge is 0.410 e. The third kappa shape index (κ3) is 5.01. The molecule has 2 aromatic heterocycles. The lowest BCUT2D eigenvalue weighted by Crippen LogP contribution is -2.58. The quantitative estimate of drug-likeness (QED) is 0.301. The van der Waals surface area contributed by atoms with Crippen LogP contribution >= 0.6 is 11.6 Å². The highest BCUT2D eigenvalue weighted by Crippen LogP contribution is 2.47. The average Bonchev–Trinajstić information content (AvgIpc) is 3.28. The van der Waals surface area contributed by atoms with E-state index in [4.69, 9.17) is 30.8 Å². The lowest BCUT2D eigenvalue weighted by Gasteiger charge is -2.40. The van der Waals surface area contributed by atoms with E-state index < -0.39 is 23.6 Å². The van der Waals surface area contributed by atoms with Gasteiger partial charge in [0.1, 0.15) is 40.1 Å². The molecule has 12 heteroatoms. The standard InChI is InChI=1S/C31H31ClFN5O5/c1-31(2,3)43-30(40)37-12-13-38-17(15-37)16-42-28-24(29(38)39)26(18-8-6-10-21-19(18)14-34-36(21)4)35-27(25(28)32)23-20(33)9-7-11-22(23)41-5/h6-11,14,17H,12-13,15-16H2,1-5H3/t17-/m1/s1. The Morgan fingerprint density at radius 1 is 1.12 bits per heavy atom. The Morgan fingerprint density at radius 3 is 2.63 bits per heavy atom. The van der Waals surface area contributed by atoms with Gasteiger partial charge in [-0.1, -0.05) is 29.8 Å². The number of carbonyl (C=O) groups excluding carboxylic acids is 2. The Morgan fingerprint density at radius 2 is 1.88 bits per heavy atom. The summed E-state index contributed by atoms with van der Waals surface area (Å²) in [5.41, 5.74) is 1.33. The second-order valence-corrected chi connectivity index (χ2v) is 11.9. The van der Waals surface area contributed by atoms with Crippen molar-refractivity contribution in [3.05, 3.63) is 59.0 Å². The molecule has 1 atom stereocenters. The second kappa shape index (κ2) is 10.7. The molecule has 10 nitrogen and oxygen atoms in total. The lowest BCUT2D eigenvalue weighted by atomic mass is 9.98. The van der Waals surface area contributed by atoms with Crippen LogP contribution in [0.1, 0.15) is 31.1 Å². The summed E-state index contributed by atoms with van der Waals surface area (Å²) in [6.07, 6.45) is 1.24. The highest BCUT2D eigenvalue weighted by Gasteiger charge is 2.41. The minimum absolute atomic E-state index is 0.0160. The number of amides is 2. The Bertz CT molecular complexity index is 1770. The molecule has 2 amide bonds. The molecule has 0 aliphatic carbocycles. The first kappa shape index (κ1) is 28.7. The second-order valence-electron chi connectivity index (χ2n) is 11.5. The number of aromatic nitrogens is 3. The summed E-state index contributed by atoms with van der Waals surface area (Å²) in [5, 5.41) is 5.12. The summed E-state index contributed by atoms with van der Waals surface area (Å²) in [7, 11) is 3.25. The summed E-state index contributed by atoms with van der Waals surface area (Å²) >= 11 is 6.95. The maximum absolute atomic E-state index is 15.4. The van der Waals surface area contributed by atoms with Crippen LogP contribution in [0, 0.1) is 5.82 Å². The topological polar surface area (TPSA) is 99.0 Å². The van der Waals surface area contributed by atoms with Crippen LogP contribution in [0.4, 0.5) is 9.18 Å². The maximum atomic E-state index is 15.4. The summed E-state index contributed by atoms with van der Waals surface area (Å²) in [5.74, 6) is -0.621. The van der Waals surface area contributed by atoms with E-state index in [0.717, 1.165) is 10.9 Å².